The number of methoxy groups -OCH3 is 1. The lowest BCUT2D eigenvalue weighted by Gasteiger charge is -2.35. The van der Waals surface area contributed by atoms with Crippen LogP contribution in [0.1, 0.15) is 13.8 Å². The van der Waals surface area contributed by atoms with E-state index in [1.54, 1.807) is 7.11 Å². The van der Waals surface area contributed by atoms with E-state index in [4.69, 9.17) is 4.74 Å². The summed E-state index contributed by atoms with van der Waals surface area (Å²) < 4.78 is 5.04. The third kappa shape index (κ3) is 8.80. The van der Waals surface area contributed by atoms with Crippen LogP contribution in [0.4, 0.5) is 0 Å². The van der Waals surface area contributed by atoms with Crippen LogP contribution in [0.2, 0.25) is 0 Å². The Bertz CT molecular complexity index is 283. The first-order valence-corrected chi connectivity index (χ1v) is 7.61. The van der Waals surface area contributed by atoms with Crippen molar-refractivity contribution in [2.75, 3.05) is 66.6 Å². The third-order valence-electron chi connectivity index (χ3n) is 3.62. The number of aliphatic imine (C=N–C) groups is 1. The molecule has 6 nitrogen and oxygen atoms in total. The zero-order chi connectivity index (χ0) is 14.8. The van der Waals surface area contributed by atoms with Crippen LogP contribution >= 0.6 is 24.0 Å². The minimum atomic E-state index is 0. The molecule has 2 N–H and O–H groups in total. The molecular formula is C14H32IN5O. The van der Waals surface area contributed by atoms with E-state index < -0.39 is 0 Å². The second-order valence-corrected chi connectivity index (χ2v) is 5.33. The van der Waals surface area contributed by atoms with E-state index in [1.165, 1.54) is 0 Å². The highest BCUT2D eigenvalue weighted by molar-refractivity contribution is 14.0. The molecule has 1 atom stereocenters. The van der Waals surface area contributed by atoms with Crippen LogP contribution < -0.4 is 10.6 Å². The summed E-state index contributed by atoms with van der Waals surface area (Å²) in [6.07, 6.45) is 0. The molecule has 21 heavy (non-hydrogen) atoms. The maximum Gasteiger partial charge on any atom is 0.191 e. The summed E-state index contributed by atoms with van der Waals surface area (Å²) in [4.78, 5) is 9.56. The molecule has 1 saturated heterocycles. The average molecular weight is 413 g/mol. The Kier molecular flexibility index (Phi) is 12.4. The largest absolute Gasteiger partial charge is 0.383 e. The normalized spacial score (nSPS) is 19.0. The first kappa shape index (κ1) is 20.9. The number of rotatable bonds is 7. The lowest BCUT2D eigenvalue weighted by atomic mass is 10.2. The summed E-state index contributed by atoms with van der Waals surface area (Å²) in [5, 5.41) is 6.54. The van der Waals surface area contributed by atoms with Crippen LogP contribution in [0.3, 0.4) is 0 Å². The molecule has 0 saturated carbocycles. The second-order valence-electron chi connectivity index (χ2n) is 5.33. The van der Waals surface area contributed by atoms with E-state index in [-0.39, 0.29) is 24.0 Å². The van der Waals surface area contributed by atoms with Gasteiger partial charge in [-0.25, -0.2) is 0 Å². The molecule has 0 aromatic heterocycles. The van der Waals surface area contributed by atoms with Gasteiger partial charge in [-0.1, -0.05) is 0 Å². The van der Waals surface area contributed by atoms with Crippen molar-refractivity contribution in [3.05, 3.63) is 0 Å². The van der Waals surface area contributed by atoms with Crippen molar-refractivity contribution in [3.63, 3.8) is 0 Å². The molecule has 0 spiro atoms. The van der Waals surface area contributed by atoms with Gasteiger partial charge in [0.05, 0.1) is 13.2 Å². The topological polar surface area (TPSA) is 52.1 Å². The summed E-state index contributed by atoms with van der Waals surface area (Å²) in [5.41, 5.74) is 0. The number of halogens is 1. The molecule has 0 aliphatic carbocycles. The van der Waals surface area contributed by atoms with Gasteiger partial charge in [-0.3, -0.25) is 9.89 Å². The molecule has 1 fully saturated rings. The quantitative estimate of drug-likeness (QED) is 0.275. The predicted octanol–water partition coefficient (Wildman–Crippen LogP) is 0.442. The van der Waals surface area contributed by atoms with Crippen LogP contribution in [0.15, 0.2) is 4.99 Å². The molecule has 126 valence electrons. The number of hydrogen-bond donors (Lipinski definition) is 2. The molecule has 0 bridgehead atoms. The molecule has 0 radical (unpaired) electrons. The lowest BCUT2D eigenvalue weighted by Crippen LogP contribution is -2.49. The average Bonchev–Trinajstić information content (AvgIpc) is 2.45. The number of nitrogens with one attached hydrogen (secondary N) is 2. The number of nitrogens with zero attached hydrogens (tertiary/aromatic N) is 3. The number of guanidine groups is 1. The third-order valence-corrected chi connectivity index (χ3v) is 3.62. The molecule has 0 aromatic rings. The van der Waals surface area contributed by atoms with Gasteiger partial charge in [0.1, 0.15) is 0 Å². The van der Waals surface area contributed by atoms with Gasteiger partial charge in [-0.2, -0.15) is 0 Å². The zero-order valence-electron chi connectivity index (χ0n) is 13.9. The van der Waals surface area contributed by atoms with Gasteiger partial charge in [0, 0.05) is 52.4 Å². The molecule has 1 unspecified atom stereocenters. The molecule has 1 rings (SSSR count). The fraction of sp³-hybridized carbons (Fsp3) is 0.929. The van der Waals surface area contributed by atoms with Gasteiger partial charge in [0.2, 0.25) is 0 Å². The molecule has 7 heteroatoms. The Morgan fingerprint density at radius 2 is 1.90 bits per heavy atom. The van der Waals surface area contributed by atoms with Crippen LogP contribution in [0.25, 0.3) is 0 Å². The molecular weight excluding hydrogens is 381 g/mol. The number of likely N-dealkylation sites (N-methyl/N-ethyl adjacent to an activating group) is 1. The van der Waals surface area contributed by atoms with E-state index in [2.05, 4.69) is 46.3 Å². The maximum atomic E-state index is 5.04. The molecule has 0 amide bonds. The van der Waals surface area contributed by atoms with E-state index >= 15 is 0 Å². The Hall–Kier alpha value is -0.120. The molecule has 0 aromatic carbocycles. The maximum absolute atomic E-state index is 5.04. The van der Waals surface area contributed by atoms with Crippen LogP contribution in [0.5, 0.6) is 0 Å². The van der Waals surface area contributed by atoms with Crippen LogP contribution in [-0.2, 0) is 4.74 Å². The van der Waals surface area contributed by atoms with Gasteiger partial charge in [-0.15, -0.1) is 24.0 Å². The Morgan fingerprint density at radius 1 is 1.24 bits per heavy atom. The highest BCUT2D eigenvalue weighted by atomic mass is 127. The highest BCUT2D eigenvalue weighted by Gasteiger charge is 2.18. The molecule has 1 aliphatic heterocycles. The minimum Gasteiger partial charge on any atom is -0.383 e. The second kappa shape index (κ2) is 12.4. The van der Waals surface area contributed by atoms with Gasteiger partial charge < -0.3 is 20.3 Å². The summed E-state index contributed by atoms with van der Waals surface area (Å²) in [7, 11) is 3.89. The van der Waals surface area contributed by atoms with E-state index in [0.717, 1.165) is 51.8 Å². The van der Waals surface area contributed by atoms with Gasteiger partial charge in [-0.05, 0) is 20.9 Å². The summed E-state index contributed by atoms with van der Waals surface area (Å²) in [6.45, 7) is 12.1. The molecule has 1 aliphatic rings. The van der Waals surface area contributed by atoms with Gasteiger partial charge in [0.25, 0.3) is 0 Å². The van der Waals surface area contributed by atoms with Crippen molar-refractivity contribution in [2.24, 2.45) is 4.99 Å². The van der Waals surface area contributed by atoms with Crippen molar-refractivity contribution in [3.8, 4) is 0 Å². The first-order valence-electron chi connectivity index (χ1n) is 7.61. The van der Waals surface area contributed by atoms with Crippen molar-refractivity contribution < 1.29 is 4.74 Å². The van der Waals surface area contributed by atoms with Crippen molar-refractivity contribution in [1.29, 1.82) is 0 Å². The predicted molar refractivity (Wildman–Crippen MR) is 99.8 cm³/mol. The first-order chi connectivity index (χ1) is 9.67. The summed E-state index contributed by atoms with van der Waals surface area (Å²) in [5.74, 6) is 0.880. The Balaban J connectivity index is 0.00000400. The fourth-order valence-electron chi connectivity index (χ4n) is 2.21. The monoisotopic (exact) mass is 413 g/mol. The van der Waals surface area contributed by atoms with Crippen LogP contribution in [0, 0.1) is 0 Å². The minimum absolute atomic E-state index is 0. The van der Waals surface area contributed by atoms with Crippen molar-refractivity contribution in [1.82, 2.24) is 20.4 Å². The zero-order valence-corrected chi connectivity index (χ0v) is 16.2. The van der Waals surface area contributed by atoms with Gasteiger partial charge in [0.15, 0.2) is 5.96 Å². The smallest absolute Gasteiger partial charge is 0.191 e. The SMILES string of the molecule is CCNC(=NCC(C)N1CCN(C)CC1)NCCOC.I. The van der Waals surface area contributed by atoms with E-state index in [9.17, 15) is 0 Å². The highest BCUT2D eigenvalue weighted by Crippen LogP contribution is 2.05. The van der Waals surface area contributed by atoms with Crippen molar-refractivity contribution >= 4 is 29.9 Å². The summed E-state index contributed by atoms with van der Waals surface area (Å²) in [6, 6.07) is 0.488. The Morgan fingerprint density at radius 3 is 2.48 bits per heavy atom. The van der Waals surface area contributed by atoms with Crippen molar-refractivity contribution in [2.45, 2.75) is 19.9 Å². The van der Waals surface area contributed by atoms with E-state index in [0.29, 0.717) is 12.6 Å². The number of ether oxygens (including phenoxy) is 1. The standard InChI is InChI=1S/C14H31N5O.HI/c1-5-15-14(16-6-11-20-4)17-12-13(2)19-9-7-18(3)8-10-19;/h13H,5-12H2,1-4H3,(H2,15,16,17);1H. The molecule has 1 heterocycles. The van der Waals surface area contributed by atoms with E-state index in [1.807, 2.05) is 0 Å². The summed E-state index contributed by atoms with van der Waals surface area (Å²) >= 11 is 0. The number of hydrogen-bond acceptors (Lipinski definition) is 4. The fourth-order valence-corrected chi connectivity index (χ4v) is 2.21. The van der Waals surface area contributed by atoms with Crippen LogP contribution in [-0.4, -0.2) is 88.4 Å². The lowest BCUT2D eigenvalue weighted by molar-refractivity contribution is 0.122. The number of piperazine rings is 1. The van der Waals surface area contributed by atoms with Gasteiger partial charge >= 0.3 is 0 Å². The Labute approximate surface area is 146 Å².